The summed E-state index contributed by atoms with van der Waals surface area (Å²) in [6.45, 7) is 0. The van der Waals surface area contributed by atoms with E-state index in [1.165, 1.54) is 0 Å². The Hall–Kier alpha value is -1.94. The molecule has 0 aromatic heterocycles. The number of amides is 1. The number of hydrogen-bond donors (Lipinski definition) is 0. The molecule has 1 unspecified atom stereocenters. The van der Waals surface area contributed by atoms with E-state index in [2.05, 4.69) is 5.32 Å². The van der Waals surface area contributed by atoms with Crippen LogP contribution in [-0.2, 0) is 4.79 Å². The molecule has 0 spiro atoms. The lowest BCUT2D eigenvalue weighted by atomic mass is 10.2. The highest BCUT2D eigenvalue weighted by atomic mass is 32.2. The maximum Gasteiger partial charge on any atom is 0.252 e. The van der Waals surface area contributed by atoms with Crippen LogP contribution in [0.5, 0.6) is 11.5 Å². The molecule has 19 heavy (non-hydrogen) atoms. The molecule has 3 rings (SSSR count). The average molecular weight is 270 g/mol. The third-order valence-electron chi connectivity index (χ3n) is 2.75. The predicted molar refractivity (Wildman–Crippen MR) is 75.3 cm³/mol. The van der Waals surface area contributed by atoms with Gasteiger partial charge in [0.2, 0.25) is 0 Å². The Morgan fingerprint density at radius 2 is 1.84 bits per heavy atom. The molecule has 4 heteroatoms. The first-order chi connectivity index (χ1) is 9.31. The third kappa shape index (κ3) is 2.90. The number of carbonyl (C=O) groups is 1. The molecule has 0 bridgehead atoms. The van der Waals surface area contributed by atoms with Gasteiger partial charge in [0.15, 0.2) is 0 Å². The van der Waals surface area contributed by atoms with E-state index in [1.54, 1.807) is 11.8 Å². The highest BCUT2D eigenvalue weighted by Crippen LogP contribution is 2.34. The topological polar surface area (TPSA) is 40.4 Å². The smallest absolute Gasteiger partial charge is 0.252 e. The second kappa shape index (κ2) is 5.36. The highest BCUT2D eigenvalue weighted by Gasteiger charge is 2.25. The van der Waals surface area contributed by atoms with Crippen molar-refractivity contribution in [3.05, 3.63) is 60.2 Å². The van der Waals surface area contributed by atoms with Gasteiger partial charge in [-0.15, -0.1) is 11.8 Å². The highest BCUT2D eigenvalue weighted by molar-refractivity contribution is 8.00. The van der Waals surface area contributed by atoms with Crippen LogP contribution in [-0.4, -0.2) is 11.7 Å². The van der Waals surface area contributed by atoms with Crippen molar-refractivity contribution in [1.29, 1.82) is 0 Å². The lowest BCUT2D eigenvalue weighted by molar-refractivity contribution is -0.118. The van der Waals surface area contributed by atoms with Crippen molar-refractivity contribution in [2.24, 2.45) is 0 Å². The first-order valence-electron chi connectivity index (χ1n) is 5.99. The molecular weight excluding hydrogens is 258 g/mol. The van der Waals surface area contributed by atoms with Gasteiger partial charge in [-0.3, -0.25) is 4.79 Å². The summed E-state index contributed by atoms with van der Waals surface area (Å²) in [5, 5.41) is 3.98. The third-order valence-corrected chi connectivity index (χ3v) is 3.86. The Balaban J connectivity index is 1.78. The van der Waals surface area contributed by atoms with Crippen LogP contribution in [0.25, 0.3) is 0 Å². The molecule has 0 N–H and O–H groups in total. The lowest BCUT2D eigenvalue weighted by Crippen LogP contribution is -2.10. The molecule has 1 radical (unpaired) electrons. The standard InChI is InChI=1S/C15H12NO2S/c17-14-10-19-15(16-14)11-5-4-8-13(9-11)18-12-6-2-1-3-7-12/h1-9,15H,10H2. The average Bonchev–Trinajstić information content (AvgIpc) is 2.87. The van der Waals surface area contributed by atoms with E-state index < -0.39 is 0 Å². The number of thioether (sulfide) groups is 1. The Labute approximate surface area is 116 Å². The quantitative estimate of drug-likeness (QED) is 0.858. The Bertz CT molecular complexity index is 586. The number of carbonyl (C=O) groups excluding carboxylic acids is 1. The van der Waals surface area contributed by atoms with E-state index in [0.29, 0.717) is 5.75 Å². The Morgan fingerprint density at radius 3 is 2.58 bits per heavy atom. The minimum atomic E-state index is -0.0909. The molecule has 1 atom stereocenters. The van der Waals surface area contributed by atoms with Gasteiger partial charge in [-0.1, -0.05) is 30.3 Å². The number of ether oxygens (including phenoxy) is 1. The summed E-state index contributed by atoms with van der Waals surface area (Å²) in [5.74, 6) is 1.99. The fourth-order valence-electron chi connectivity index (χ4n) is 1.88. The Kier molecular flexibility index (Phi) is 3.42. The molecule has 1 heterocycles. The normalized spacial score (nSPS) is 18.1. The number of para-hydroxylation sites is 1. The van der Waals surface area contributed by atoms with Crippen LogP contribution >= 0.6 is 11.8 Å². The molecule has 0 saturated carbocycles. The molecule has 1 amide bonds. The zero-order valence-electron chi connectivity index (χ0n) is 10.2. The van der Waals surface area contributed by atoms with E-state index in [4.69, 9.17) is 4.74 Å². The van der Waals surface area contributed by atoms with Gasteiger partial charge in [-0.05, 0) is 29.8 Å². The number of nitrogens with zero attached hydrogens (tertiary/aromatic N) is 1. The monoisotopic (exact) mass is 270 g/mol. The minimum Gasteiger partial charge on any atom is -0.457 e. The van der Waals surface area contributed by atoms with Crippen molar-refractivity contribution in [1.82, 2.24) is 5.32 Å². The van der Waals surface area contributed by atoms with Gasteiger partial charge in [0.1, 0.15) is 16.9 Å². The van der Waals surface area contributed by atoms with Crippen molar-refractivity contribution < 1.29 is 9.53 Å². The summed E-state index contributed by atoms with van der Waals surface area (Å²) < 4.78 is 5.77. The maximum absolute atomic E-state index is 11.2. The second-order valence-electron chi connectivity index (χ2n) is 4.17. The maximum atomic E-state index is 11.2. The van der Waals surface area contributed by atoms with E-state index in [0.717, 1.165) is 17.1 Å². The first kappa shape index (κ1) is 12.1. The summed E-state index contributed by atoms with van der Waals surface area (Å²) in [5.41, 5.74) is 1.00. The number of rotatable bonds is 3. The van der Waals surface area contributed by atoms with Gasteiger partial charge >= 0.3 is 0 Å². The van der Waals surface area contributed by atoms with E-state index >= 15 is 0 Å². The fourth-order valence-corrected chi connectivity index (χ4v) is 2.79. The van der Waals surface area contributed by atoms with Gasteiger partial charge in [0.25, 0.3) is 5.91 Å². The molecule has 1 aliphatic rings. The largest absolute Gasteiger partial charge is 0.457 e. The molecule has 1 saturated heterocycles. The van der Waals surface area contributed by atoms with Gasteiger partial charge in [0, 0.05) is 0 Å². The van der Waals surface area contributed by atoms with Crippen molar-refractivity contribution >= 4 is 17.7 Å². The number of benzene rings is 2. The van der Waals surface area contributed by atoms with Crippen LogP contribution < -0.4 is 10.1 Å². The molecule has 3 nitrogen and oxygen atoms in total. The fraction of sp³-hybridized carbons (Fsp3) is 0.133. The van der Waals surface area contributed by atoms with E-state index in [9.17, 15) is 4.79 Å². The van der Waals surface area contributed by atoms with Crippen molar-refractivity contribution in [3.8, 4) is 11.5 Å². The number of hydrogen-bond acceptors (Lipinski definition) is 3. The summed E-state index contributed by atoms with van der Waals surface area (Å²) in [6.07, 6.45) is 0. The van der Waals surface area contributed by atoms with Crippen molar-refractivity contribution in [2.75, 3.05) is 5.75 Å². The van der Waals surface area contributed by atoms with Crippen LogP contribution in [0.3, 0.4) is 0 Å². The van der Waals surface area contributed by atoms with Crippen LogP contribution in [0.15, 0.2) is 54.6 Å². The SMILES string of the molecule is O=C1CSC(c2cccc(Oc3ccccc3)c2)[N]1. The van der Waals surface area contributed by atoms with Crippen LogP contribution in [0.2, 0.25) is 0 Å². The van der Waals surface area contributed by atoms with Crippen molar-refractivity contribution in [3.63, 3.8) is 0 Å². The molecule has 1 aliphatic heterocycles. The summed E-state index contributed by atoms with van der Waals surface area (Å²) in [7, 11) is 0. The first-order valence-corrected chi connectivity index (χ1v) is 7.04. The Morgan fingerprint density at radius 1 is 1.05 bits per heavy atom. The summed E-state index contributed by atoms with van der Waals surface area (Å²) in [4.78, 5) is 11.2. The molecular formula is C15H12NO2S. The zero-order valence-corrected chi connectivity index (χ0v) is 11.0. The molecule has 2 aromatic carbocycles. The summed E-state index contributed by atoms with van der Waals surface area (Å²) in [6, 6.07) is 17.4. The predicted octanol–water partition coefficient (Wildman–Crippen LogP) is 3.36. The zero-order chi connectivity index (χ0) is 13.1. The second-order valence-corrected chi connectivity index (χ2v) is 5.24. The van der Waals surface area contributed by atoms with Gasteiger partial charge in [0.05, 0.1) is 5.75 Å². The molecule has 0 aliphatic carbocycles. The van der Waals surface area contributed by atoms with Gasteiger partial charge in [-0.2, -0.15) is 0 Å². The lowest BCUT2D eigenvalue weighted by Gasteiger charge is -2.10. The molecule has 2 aromatic rings. The minimum absolute atomic E-state index is 0.0376. The van der Waals surface area contributed by atoms with Crippen LogP contribution in [0.1, 0.15) is 10.9 Å². The van der Waals surface area contributed by atoms with Crippen LogP contribution in [0, 0.1) is 0 Å². The van der Waals surface area contributed by atoms with Gasteiger partial charge in [-0.25, -0.2) is 5.32 Å². The van der Waals surface area contributed by atoms with E-state index in [1.807, 2.05) is 54.6 Å². The van der Waals surface area contributed by atoms with Crippen molar-refractivity contribution in [2.45, 2.75) is 5.37 Å². The summed E-state index contributed by atoms with van der Waals surface area (Å²) >= 11 is 1.55. The molecule has 95 valence electrons. The van der Waals surface area contributed by atoms with Crippen LogP contribution in [0.4, 0.5) is 0 Å². The van der Waals surface area contributed by atoms with E-state index in [-0.39, 0.29) is 11.3 Å². The molecule has 1 fully saturated rings. The van der Waals surface area contributed by atoms with Gasteiger partial charge < -0.3 is 4.74 Å².